The molecule has 0 saturated heterocycles. The second-order valence-electron chi connectivity index (χ2n) is 5.80. The predicted octanol–water partition coefficient (Wildman–Crippen LogP) is 2.11. The van der Waals surface area contributed by atoms with E-state index in [2.05, 4.69) is 19.2 Å². The minimum atomic E-state index is -0.506. The maximum Gasteiger partial charge on any atom is 0.251 e. The smallest absolute Gasteiger partial charge is 0.251 e. The Hall–Kier alpha value is -1.62. The first-order valence-electron chi connectivity index (χ1n) is 6.80. The fraction of sp³-hybridized carbons (Fsp3) is 0.533. The second kappa shape index (κ2) is 7.24. The summed E-state index contributed by atoms with van der Waals surface area (Å²) in [6, 6.07) is 4.09. The van der Waals surface area contributed by atoms with Gasteiger partial charge < -0.3 is 16.0 Å². The van der Waals surface area contributed by atoms with Crippen LogP contribution in [-0.4, -0.2) is 37.5 Å². The maximum atomic E-state index is 13.1. The third-order valence-electron chi connectivity index (χ3n) is 2.93. The fourth-order valence-electron chi connectivity index (χ4n) is 2.14. The lowest BCUT2D eigenvalue weighted by molar-refractivity contribution is 0.0924. The van der Waals surface area contributed by atoms with Crippen molar-refractivity contribution < 1.29 is 9.18 Å². The van der Waals surface area contributed by atoms with Crippen LogP contribution in [-0.2, 0) is 0 Å². The van der Waals surface area contributed by atoms with Gasteiger partial charge in [-0.15, -0.1) is 0 Å². The Morgan fingerprint density at radius 2 is 2.05 bits per heavy atom. The van der Waals surface area contributed by atoms with Crippen LogP contribution in [0.25, 0.3) is 0 Å². The summed E-state index contributed by atoms with van der Waals surface area (Å²) >= 11 is 0. The summed E-state index contributed by atoms with van der Waals surface area (Å²) in [6.07, 6.45) is 0.889. The minimum Gasteiger partial charge on any atom is -0.396 e. The number of benzene rings is 1. The highest BCUT2D eigenvalue weighted by Gasteiger charge is 2.16. The number of halogens is 1. The first-order valence-corrected chi connectivity index (χ1v) is 6.80. The van der Waals surface area contributed by atoms with Crippen molar-refractivity contribution >= 4 is 11.6 Å². The zero-order valence-corrected chi connectivity index (χ0v) is 12.6. The third kappa shape index (κ3) is 5.17. The highest BCUT2D eigenvalue weighted by molar-refractivity contribution is 5.95. The van der Waals surface area contributed by atoms with Gasteiger partial charge in [0.2, 0.25) is 0 Å². The summed E-state index contributed by atoms with van der Waals surface area (Å²) in [4.78, 5) is 14.2. The van der Waals surface area contributed by atoms with E-state index in [4.69, 9.17) is 5.73 Å². The van der Waals surface area contributed by atoms with Crippen LogP contribution in [0.5, 0.6) is 0 Å². The Morgan fingerprint density at radius 3 is 2.55 bits per heavy atom. The molecule has 1 aromatic carbocycles. The van der Waals surface area contributed by atoms with Gasteiger partial charge >= 0.3 is 0 Å². The summed E-state index contributed by atoms with van der Waals surface area (Å²) in [5.41, 5.74) is 5.86. The van der Waals surface area contributed by atoms with Gasteiger partial charge in [-0.2, -0.15) is 0 Å². The van der Waals surface area contributed by atoms with E-state index in [0.29, 0.717) is 11.5 Å². The van der Waals surface area contributed by atoms with Crippen molar-refractivity contribution in [1.29, 1.82) is 0 Å². The number of nitrogens with zero attached hydrogens (tertiary/aromatic N) is 1. The monoisotopic (exact) mass is 281 g/mol. The first kappa shape index (κ1) is 16.4. The number of carbonyl (C=O) groups is 1. The van der Waals surface area contributed by atoms with Crippen LogP contribution < -0.4 is 11.1 Å². The molecule has 1 amide bonds. The highest BCUT2D eigenvalue weighted by Crippen LogP contribution is 2.13. The molecule has 0 aliphatic heterocycles. The molecular weight excluding hydrogens is 257 g/mol. The van der Waals surface area contributed by atoms with Crippen molar-refractivity contribution in [3.8, 4) is 0 Å². The quantitative estimate of drug-likeness (QED) is 0.785. The maximum absolute atomic E-state index is 13.1. The molecular formula is C15H24FN3O. The van der Waals surface area contributed by atoms with E-state index < -0.39 is 5.82 Å². The van der Waals surface area contributed by atoms with Crippen LogP contribution in [0.1, 0.15) is 30.6 Å². The minimum absolute atomic E-state index is 0.00864. The average molecular weight is 281 g/mol. The second-order valence-corrected chi connectivity index (χ2v) is 5.80. The van der Waals surface area contributed by atoms with E-state index in [1.54, 1.807) is 0 Å². The van der Waals surface area contributed by atoms with Gasteiger partial charge in [0, 0.05) is 18.2 Å². The largest absolute Gasteiger partial charge is 0.396 e. The van der Waals surface area contributed by atoms with Crippen LogP contribution >= 0.6 is 0 Å². The molecule has 1 unspecified atom stereocenters. The number of hydrogen-bond donors (Lipinski definition) is 2. The van der Waals surface area contributed by atoms with Gasteiger partial charge in [-0.05, 0) is 44.6 Å². The van der Waals surface area contributed by atoms with Crippen LogP contribution in [0.4, 0.5) is 10.1 Å². The van der Waals surface area contributed by atoms with Crippen molar-refractivity contribution in [3.63, 3.8) is 0 Å². The number of likely N-dealkylation sites (N-methyl/N-ethyl adjacent to an activating group) is 1. The predicted molar refractivity (Wildman–Crippen MR) is 80.1 cm³/mol. The lowest BCUT2D eigenvalue weighted by Crippen LogP contribution is -2.42. The standard InChI is InChI=1S/C15H24FN3O/c1-10(2)7-12(9-19(3)4)18-15(20)11-5-6-13(16)14(17)8-11/h5-6,8,10,12H,7,9,17H2,1-4H3,(H,18,20). The number of nitrogen functional groups attached to an aromatic ring is 1. The number of nitrogens with one attached hydrogen (secondary N) is 1. The molecule has 0 aromatic heterocycles. The summed E-state index contributed by atoms with van der Waals surface area (Å²) < 4.78 is 13.1. The Bertz CT molecular complexity index is 450. The number of hydrogen-bond acceptors (Lipinski definition) is 3. The summed E-state index contributed by atoms with van der Waals surface area (Å²) in [5.74, 6) is -0.240. The summed E-state index contributed by atoms with van der Waals surface area (Å²) in [6.45, 7) is 5.00. The molecule has 0 saturated carbocycles. The topological polar surface area (TPSA) is 58.4 Å². The molecule has 1 rings (SSSR count). The zero-order chi connectivity index (χ0) is 15.3. The van der Waals surface area contributed by atoms with Crippen molar-refractivity contribution in [3.05, 3.63) is 29.6 Å². The lowest BCUT2D eigenvalue weighted by Gasteiger charge is -2.24. The van der Waals surface area contributed by atoms with E-state index in [9.17, 15) is 9.18 Å². The Kier molecular flexibility index (Phi) is 5.95. The molecule has 5 heteroatoms. The van der Waals surface area contributed by atoms with Crippen LogP contribution in [0.3, 0.4) is 0 Å². The number of anilines is 1. The third-order valence-corrected chi connectivity index (χ3v) is 2.93. The van der Waals surface area contributed by atoms with Crippen molar-refractivity contribution in [2.75, 3.05) is 26.4 Å². The average Bonchev–Trinajstić information content (AvgIpc) is 2.30. The molecule has 0 radical (unpaired) electrons. The van der Waals surface area contributed by atoms with Crippen molar-refractivity contribution in [1.82, 2.24) is 10.2 Å². The number of carbonyl (C=O) groups excluding carboxylic acids is 1. The SMILES string of the molecule is CC(C)CC(CN(C)C)NC(=O)c1ccc(F)c(N)c1. The molecule has 4 nitrogen and oxygen atoms in total. The number of amides is 1. The molecule has 0 bridgehead atoms. The lowest BCUT2D eigenvalue weighted by atomic mass is 10.0. The summed E-state index contributed by atoms with van der Waals surface area (Å²) in [7, 11) is 3.94. The highest BCUT2D eigenvalue weighted by atomic mass is 19.1. The van der Waals surface area contributed by atoms with Gasteiger partial charge in [0.25, 0.3) is 5.91 Å². The van der Waals surface area contributed by atoms with Crippen LogP contribution in [0.2, 0.25) is 0 Å². The van der Waals surface area contributed by atoms with Crippen molar-refractivity contribution in [2.45, 2.75) is 26.3 Å². The van der Waals surface area contributed by atoms with Gasteiger partial charge in [0.05, 0.1) is 5.69 Å². The van der Waals surface area contributed by atoms with E-state index in [-0.39, 0.29) is 17.6 Å². The molecule has 1 aromatic rings. The van der Waals surface area contributed by atoms with Gasteiger partial charge in [-0.3, -0.25) is 4.79 Å². The molecule has 0 heterocycles. The molecule has 112 valence electrons. The first-order chi connectivity index (χ1) is 9.29. The number of rotatable bonds is 6. The number of nitrogens with two attached hydrogens (primary N) is 1. The van der Waals surface area contributed by atoms with E-state index in [1.807, 2.05) is 19.0 Å². The van der Waals surface area contributed by atoms with Crippen molar-refractivity contribution in [2.24, 2.45) is 5.92 Å². The fourth-order valence-corrected chi connectivity index (χ4v) is 2.14. The Morgan fingerprint density at radius 1 is 1.40 bits per heavy atom. The molecule has 3 N–H and O–H groups in total. The summed E-state index contributed by atoms with van der Waals surface area (Å²) in [5, 5.41) is 2.98. The van der Waals surface area contributed by atoms with Gasteiger partial charge in [-0.25, -0.2) is 4.39 Å². The normalized spacial score (nSPS) is 12.8. The Balaban J connectivity index is 2.76. The molecule has 1 atom stereocenters. The van der Waals surface area contributed by atoms with E-state index in [0.717, 1.165) is 13.0 Å². The van der Waals surface area contributed by atoms with E-state index in [1.165, 1.54) is 18.2 Å². The molecule has 20 heavy (non-hydrogen) atoms. The zero-order valence-electron chi connectivity index (χ0n) is 12.6. The molecule has 0 spiro atoms. The molecule has 0 aliphatic carbocycles. The van der Waals surface area contributed by atoms with Crippen LogP contribution in [0.15, 0.2) is 18.2 Å². The van der Waals surface area contributed by atoms with Crippen LogP contribution in [0, 0.1) is 11.7 Å². The molecule has 0 aliphatic rings. The Labute approximate surface area is 120 Å². The van der Waals surface area contributed by atoms with E-state index >= 15 is 0 Å². The van der Waals surface area contributed by atoms with Gasteiger partial charge in [0.1, 0.15) is 5.82 Å². The van der Waals surface area contributed by atoms with Gasteiger partial charge in [0.15, 0.2) is 0 Å². The molecule has 0 fully saturated rings. The van der Waals surface area contributed by atoms with Gasteiger partial charge in [-0.1, -0.05) is 13.8 Å².